The third-order valence-corrected chi connectivity index (χ3v) is 2.55. The van der Waals surface area contributed by atoms with Crippen LogP contribution in [0.2, 0.25) is 0 Å². The predicted molar refractivity (Wildman–Crippen MR) is 71.3 cm³/mol. The van der Waals surface area contributed by atoms with E-state index >= 15 is 0 Å². The zero-order valence-electron chi connectivity index (χ0n) is 10.7. The van der Waals surface area contributed by atoms with Crippen molar-refractivity contribution >= 4 is 17.9 Å². The lowest BCUT2D eigenvalue weighted by Crippen LogP contribution is -2.17. The summed E-state index contributed by atoms with van der Waals surface area (Å²) in [6.45, 7) is 0. The van der Waals surface area contributed by atoms with Crippen molar-refractivity contribution < 1.29 is 22.7 Å². The van der Waals surface area contributed by atoms with E-state index in [0.717, 1.165) is 17.7 Å². The van der Waals surface area contributed by atoms with Crippen LogP contribution in [-0.4, -0.2) is 17.6 Å². The zero-order valence-corrected chi connectivity index (χ0v) is 10.7. The summed E-state index contributed by atoms with van der Waals surface area (Å²) in [7, 11) is 0. The number of rotatable bonds is 4. The molecule has 0 amide bonds. The third-order valence-electron chi connectivity index (χ3n) is 2.55. The number of carbonyl (C=O) groups excluding carboxylic acids is 1. The number of benzene rings is 1. The molecule has 0 radical (unpaired) electrons. The number of aromatic nitrogens is 1. The van der Waals surface area contributed by atoms with Crippen LogP contribution in [0, 0.1) is 0 Å². The van der Waals surface area contributed by atoms with Crippen molar-refractivity contribution in [1.29, 1.82) is 0 Å². The van der Waals surface area contributed by atoms with Gasteiger partial charge in [-0.1, -0.05) is 18.2 Å². The molecule has 0 fully saturated rings. The molecule has 1 heterocycles. The van der Waals surface area contributed by atoms with Gasteiger partial charge in [-0.05, 0) is 35.4 Å². The van der Waals surface area contributed by atoms with Gasteiger partial charge < -0.3 is 4.74 Å². The van der Waals surface area contributed by atoms with Crippen LogP contribution in [-0.2, 0) is 4.79 Å². The molecule has 6 heteroatoms. The number of pyridine rings is 1. The molecule has 0 spiro atoms. The van der Waals surface area contributed by atoms with Crippen LogP contribution in [0.5, 0.6) is 5.75 Å². The predicted octanol–water partition coefficient (Wildman–Crippen LogP) is 3.72. The van der Waals surface area contributed by atoms with Crippen LogP contribution < -0.4 is 4.74 Å². The van der Waals surface area contributed by atoms with Gasteiger partial charge in [-0.25, -0.2) is 0 Å². The van der Waals surface area contributed by atoms with Crippen LogP contribution in [0.25, 0.3) is 11.6 Å². The van der Waals surface area contributed by atoms with E-state index < -0.39 is 6.36 Å². The maximum absolute atomic E-state index is 12.1. The second-order valence-corrected chi connectivity index (χ2v) is 4.08. The standard InChI is InChI=1S/C15H10F3NO2/c16-15(17,18)21-14-5-3-12(4-6-14)13(10-20)8-11-2-1-7-19-9-11/h1-10H/b13-8+. The monoisotopic (exact) mass is 293 g/mol. The molecule has 0 saturated heterocycles. The molecule has 108 valence electrons. The average Bonchev–Trinajstić information content (AvgIpc) is 2.45. The van der Waals surface area contributed by atoms with E-state index in [1.165, 1.54) is 12.1 Å². The lowest BCUT2D eigenvalue weighted by atomic mass is 10.0. The van der Waals surface area contributed by atoms with Crippen molar-refractivity contribution in [3.63, 3.8) is 0 Å². The minimum atomic E-state index is -4.74. The van der Waals surface area contributed by atoms with Crippen LogP contribution in [0.3, 0.4) is 0 Å². The number of hydrogen-bond acceptors (Lipinski definition) is 3. The largest absolute Gasteiger partial charge is 0.573 e. The summed E-state index contributed by atoms with van der Waals surface area (Å²) in [5, 5.41) is 0. The number of nitrogens with zero attached hydrogens (tertiary/aromatic N) is 1. The fourth-order valence-corrected chi connectivity index (χ4v) is 1.68. The highest BCUT2D eigenvalue weighted by molar-refractivity contribution is 6.13. The summed E-state index contributed by atoms with van der Waals surface area (Å²) in [4.78, 5) is 15.0. The van der Waals surface area contributed by atoms with Gasteiger partial charge in [0.05, 0.1) is 0 Å². The summed E-state index contributed by atoms with van der Waals surface area (Å²) in [5.41, 5.74) is 1.54. The van der Waals surface area contributed by atoms with Crippen LogP contribution in [0.4, 0.5) is 13.2 Å². The molecule has 1 aromatic heterocycles. The second-order valence-electron chi connectivity index (χ2n) is 4.08. The molecule has 1 aromatic carbocycles. The molecule has 0 atom stereocenters. The first kappa shape index (κ1) is 14.8. The normalized spacial score (nSPS) is 12.0. The lowest BCUT2D eigenvalue weighted by Gasteiger charge is -2.09. The van der Waals surface area contributed by atoms with E-state index in [4.69, 9.17) is 0 Å². The Hall–Kier alpha value is -2.63. The molecule has 0 N–H and O–H groups in total. The Morgan fingerprint density at radius 3 is 2.38 bits per heavy atom. The number of aldehydes is 1. The Bertz CT molecular complexity index is 634. The fourth-order valence-electron chi connectivity index (χ4n) is 1.68. The summed E-state index contributed by atoms with van der Waals surface area (Å²) in [6.07, 6.45) is 0.665. The van der Waals surface area contributed by atoms with Gasteiger partial charge >= 0.3 is 6.36 Å². The molecule has 0 bridgehead atoms. The highest BCUT2D eigenvalue weighted by atomic mass is 19.4. The van der Waals surface area contributed by atoms with Crippen molar-refractivity contribution in [3.05, 3.63) is 59.9 Å². The third kappa shape index (κ3) is 4.45. The maximum Gasteiger partial charge on any atom is 0.573 e. The van der Waals surface area contributed by atoms with Crippen molar-refractivity contribution in [2.24, 2.45) is 0 Å². The van der Waals surface area contributed by atoms with E-state index in [1.54, 1.807) is 30.6 Å². The summed E-state index contributed by atoms with van der Waals surface area (Å²) in [5.74, 6) is -0.335. The van der Waals surface area contributed by atoms with Gasteiger partial charge in [-0.2, -0.15) is 0 Å². The molecule has 0 saturated carbocycles. The average molecular weight is 293 g/mol. The highest BCUT2D eigenvalue weighted by Gasteiger charge is 2.30. The first-order valence-electron chi connectivity index (χ1n) is 5.91. The molecule has 0 aliphatic carbocycles. The van der Waals surface area contributed by atoms with Gasteiger partial charge in [0.2, 0.25) is 0 Å². The topological polar surface area (TPSA) is 39.2 Å². The molecular formula is C15H10F3NO2. The number of carbonyl (C=O) groups is 1. The van der Waals surface area contributed by atoms with Crippen molar-refractivity contribution in [2.75, 3.05) is 0 Å². The number of halogens is 3. The first-order valence-corrected chi connectivity index (χ1v) is 5.91. The molecular weight excluding hydrogens is 283 g/mol. The number of allylic oxidation sites excluding steroid dienone is 1. The van der Waals surface area contributed by atoms with Crippen LogP contribution >= 0.6 is 0 Å². The Morgan fingerprint density at radius 2 is 1.86 bits per heavy atom. The minimum absolute atomic E-state index is 0.335. The minimum Gasteiger partial charge on any atom is -0.406 e. The zero-order chi connectivity index (χ0) is 15.3. The van der Waals surface area contributed by atoms with Crippen molar-refractivity contribution in [1.82, 2.24) is 4.98 Å². The number of ether oxygens (including phenoxy) is 1. The molecule has 21 heavy (non-hydrogen) atoms. The van der Waals surface area contributed by atoms with E-state index in [9.17, 15) is 18.0 Å². The quantitative estimate of drug-likeness (QED) is 0.637. The first-order chi connectivity index (χ1) is 9.98. The van der Waals surface area contributed by atoms with E-state index in [1.807, 2.05) is 0 Å². The molecule has 0 aliphatic rings. The van der Waals surface area contributed by atoms with Crippen molar-refractivity contribution in [2.45, 2.75) is 6.36 Å². The number of alkyl halides is 3. The van der Waals surface area contributed by atoms with E-state index in [2.05, 4.69) is 9.72 Å². The van der Waals surface area contributed by atoms with Gasteiger partial charge in [-0.3, -0.25) is 9.78 Å². The molecule has 0 aliphatic heterocycles. The fraction of sp³-hybridized carbons (Fsp3) is 0.0667. The second kappa shape index (κ2) is 6.21. The lowest BCUT2D eigenvalue weighted by molar-refractivity contribution is -0.274. The van der Waals surface area contributed by atoms with Gasteiger partial charge in [0.15, 0.2) is 6.29 Å². The summed E-state index contributed by atoms with van der Waals surface area (Å²) >= 11 is 0. The van der Waals surface area contributed by atoms with Gasteiger partial charge in [-0.15, -0.1) is 13.2 Å². The van der Waals surface area contributed by atoms with Crippen LogP contribution in [0.15, 0.2) is 48.8 Å². The molecule has 0 unspecified atom stereocenters. The molecule has 2 rings (SSSR count). The smallest absolute Gasteiger partial charge is 0.406 e. The van der Waals surface area contributed by atoms with Gasteiger partial charge in [0.25, 0.3) is 0 Å². The number of hydrogen-bond donors (Lipinski definition) is 0. The summed E-state index contributed by atoms with van der Waals surface area (Å²) < 4.78 is 39.9. The van der Waals surface area contributed by atoms with E-state index in [-0.39, 0.29) is 5.75 Å². The summed E-state index contributed by atoms with van der Waals surface area (Å²) in [6, 6.07) is 8.56. The highest BCUT2D eigenvalue weighted by Crippen LogP contribution is 2.25. The van der Waals surface area contributed by atoms with E-state index in [0.29, 0.717) is 17.4 Å². The van der Waals surface area contributed by atoms with Gasteiger partial charge in [0.1, 0.15) is 5.75 Å². The van der Waals surface area contributed by atoms with Crippen molar-refractivity contribution in [3.8, 4) is 5.75 Å². The van der Waals surface area contributed by atoms with Gasteiger partial charge in [0, 0.05) is 18.0 Å². The van der Waals surface area contributed by atoms with Crippen LogP contribution in [0.1, 0.15) is 11.1 Å². The Labute approximate surface area is 118 Å². The Kier molecular flexibility index (Phi) is 4.37. The molecule has 3 nitrogen and oxygen atoms in total. The SMILES string of the molecule is O=C/C(=C\c1cccnc1)c1ccc(OC(F)(F)F)cc1. The Balaban J connectivity index is 2.24. The Morgan fingerprint density at radius 1 is 1.14 bits per heavy atom. The molecule has 2 aromatic rings. The maximum atomic E-state index is 12.1.